The lowest BCUT2D eigenvalue weighted by atomic mass is 10.2. The Bertz CT molecular complexity index is 605. The Morgan fingerprint density at radius 2 is 1.72 bits per heavy atom. The van der Waals surface area contributed by atoms with E-state index in [0.29, 0.717) is 0 Å². The van der Waals surface area contributed by atoms with Gasteiger partial charge in [0.05, 0.1) is 12.7 Å². The molecule has 1 rings (SSSR count). The van der Waals surface area contributed by atoms with E-state index < -0.39 is 35.8 Å². The average molecular weight is 366 g/mol. The number of carbonyl (C=O) groups excluding carboxylic acids is 2. The fourth-order valence-corrected chi connectivity index (χ4v) is 1.82. The van der Waals surface area contributed by atoms with Crippen molar-refractivity contribution >= 4 is 17.7 Å². The fraction of sp³-hybridized carbons (Fsp3) is 0.467. The molecule has 0 aromatic heterocycles. The molecule has 1 aromatic rings. The Hall–Kier alpha value is -2.36. The fourth-order valence-electron chi connectivity index (χ4n) is 1.82. The van der Waals surface area contributed by atoms with Gasteiger partial charge in [-0.25, -0.2) is 14.0 Å². The van der Waals surface area contributed by atoms with Gasteiger partial charge < -0.3 is 14.8 Å². The molecule has 0 radical (unpaired) electrons. The summed E-state index contributed by atoms with van der Waals surface area (Å²) in [6, 6.07) is 2.90. The molecular weight excluding hydrogens is 348 g/mol. The zero-order chi connectivity index (χ0) is 19.3. The Balaban J connectivity index is 3.10. The highest BCUT2D eigenvalue weighted by Gasteiger charge is 2.65. The van der Waals surface area contributed by atoms with Crippen LogP contribution in [-0.4, -0.2) is 36.6 Å². The van der Waals surface area contributed by atoms with Crippen molar-refractivity contribution in [1.29, 1.82) is 0 Å². The highest BCUT2D eigenvalue weighted by atomic mass is 19.4. The number of hydrogen-bond donors (Lipinski definition) is 2. The first kappa shape index (κ1) is 20.7. The number of anilines is 1. The van der Waals surface area contributed by atoms with Crippen LogP contribution < -0.4 is 10.6 Å². The Morgan fingerprint density at radius 1 is 1.16 bits per heavy atom. The SMILES string of the molecule is CCOC(=O)C(NC(=O)Nc1ccc(F)cc1)(OC(C)C)C(F)(F)F. The normalized spacial score (nSPS) is 13.9. The summed E-state index contributed by atoms with van der Waals surface area (Å²) in [6.45, 7) is 3.49. The van der Waals surface area contributed by atoms with Gasteiger partial charge in [0.1, 0.15) is 5.82 Å². The van der Waals surface area contributed by atoms with E-state index in [9.17, 15) is 27.2 Å². The van der Waals surface area contributed by atoms with E-state index >= 15 is 0 Å². The van der Waals surface area contributed by atoms with Crippen LogP contribution in [-0.2, 0) is 14.3 Å². The van der Waals surface area contributed by atoms with E-state index in [1.807, 2.05) is 0 Å². The topological polar surface area (TPSA) is 76.7 Å². The van der Waals surface area contributed by atoms with Crippen molar-refractivity contribution < 1.29 is 36.6 Å². The van der Waals surface area contributed by atoms with E-state index in [4.69, 9.17) is 4.74 Å². The van der Waals surface area contributed by atoms with Crippen LogP contribution in [0.2, 0.25) is 0 Å². The number of carbonyl (C=O) groups is 2. The van der Waals surface area contributed by atoms with E-state index in [1.165, 1.54) is 26.1 Å². The maximum atomic E-state index is 13.5. The number of amides is 2. The molecule has 1 aromatic carbocycles. The zero-order valence-electron chi connectivity index (χ0n) is 13.7. The predicted molar refractivity (Wildman–Crippen MR) is 80.2 cm³/mol. The maximum Gasteiger partial charge on any atom is 0.448 e. The minimum absolute atomic E-state index is 0.0170. The van der Waals surface area contributed by atoms with Gasteiger partial charge in [-0.3, -0.25) is 5.32 Å². The summed E-state index contributed by atoms with van der Waals surface area (Å²) in [7, 11) is 0. The zero-order valence-corrected chi connectivity index (χ0v) is 13.7. The molecule has 6 nitrogen and oxygen atoms in total. The second-order valence-electron chi connectivity index (χ2n) is 5.15. The van der Waals surface area contributed by atoms with Crippen molar-refractivity contribution in [1.82, 2.24) is 5.32 Å². The number of rotatable bonds is 6. The summed E-state index contributed by atoms with van der Waals surface area (Å²) in [6.07, 6.45) is -6.35. The summed E-state index contributed by atoms with van der Waals surface area (Å²) in [5.41, 5.74) is -3.66. The number of nitrogens with one attached hydrogen (secondary N) is 2. The quantitative estimate of drug-likeness (QED) is 0.461. The molecule has 140 valence electrons. The molecule has 0 heterocycles. The largest absolute Gasteiger partial charge is 0.462 e. The van der Waals surface area contributed by atoms with Gasteiger partial charge in [-0.05, 0) is 45.0 Å². The lowest BCUT2D eigenvalue weighted by Gasteiger charge is -2.34. The molecule has 1 unspecified atom stereocenters. The third-order valence-electron chi connectivity index (χ3n) is 2.77. The second-order valence-corrected chi connectivity index (χ2v) is 5.15. The molecule has 0 fully saturated rings. The van der Waals surface area contributed by atoms with Gasteiger partial charge in [0.25, 0.3) is 0 Å². The average Bonchev–Trinajstić information content (AvgIpc) is 2.47. The molecule has 0 aliphatic rings. The second kappa shape index (κ2) is 8.15. The number of halogens is 4. The number of hydrogen-bond acceptors (Lipinski definition) is 4. The van der Waals surface area contributed by atoms with Gasteiger partial charge in [0.15, 0.2) is 0 Å². The van der Waals surface area contributed by atoms with Gasteiger partial charge in [-0.1, -0.05) is 0 Å². The van der Waals surface area contributed by atoms with Crippen LogP contribution in [0.25, 0.3) is 0 Å². The van der Waals surface area contributed by atoms with Crippen LogP contribution in [0.15, 0.2) is 24.3 Å². The standard InChI is InChI=1S/C15H18F4N2O4/c1-4-24-12(22)14(15(17,18)19,25-9(2)3)21-13(23)20-11-7-5-10(16)6-8-11/h5-9H,4H2,1-3H3,(H2,20,21,23). The van der Waals surface area contributed by atoms with Gasteiger partial charge in [0.2, 0.25) is 0 Å². The van der Waals surface area contributed by atoms with Crippen LogP contribution in [0.4, 0.5) is 28.0 Å². The molecule has 1 atom stereocenters. The molecule has 0 spiro atoms. The molecule has 0 aliphatic heterocycles. The Kier molecular flexibility index (Phi) is 6.74. The molecule has 2 amide bonds. The predicted octanol–water partition coefficient (Wildman–Crippen LogP) is 3.19. The monoisotopic (exact) mass is 366 g/mol. The van der Waals surface area contributed by atoms with E-state index in [2.05, 4.69) is 10.1 Å². The van der Waals surface area contributed by atoms with Crippen LogP contribution >= 0.6 is 0 Å². The van der Waals surface area contributed by atoms with Crippen molar-refractivity contribution in [2.75, 3.05) is 11.9 Å². The Labute approximate surface area is 141 Å². The summed E-state index contributed by atoms with van der Waals surface area (Å²) in [5.74, 6) is -2.39. The summed E-state index contributed by atoms with van der Waals surface area (Å²) >= 11 is 0. The molecule has 0 aliphatic carbocycles. The smallest absolute Gasteiger partial charge is 0.448 e. The third kappa shape index (κ3) is 5.31. The van der Waals surface area contributed by atoms with Crippen molar-refractivity contribution in [2.24, 2.45) is 0 Å². The maximum absolute atomic E-state index is 13.5. The molecule has 2 N–H and O–H groups in total. The molecular formula is C15H18F4N2O4. The molecule has 0 saturated heterocycles. The van der Waals surface area contributed by atoms with Gasteiger partial charge >= 0.3 is 23.9 Å². The van der Waals surface area contributed by atoms with Crippen LogP contribution in [0.1, 0.15) is 20.8 Å². The van der Waals surface area contributed by atoms with Crippen molar-refractivity contribution in [3.8, 4) is 0 Å². The molecule has 0 bridgehead atoms. The molecule has 10 heteroatoms. The molecule has 0 saturated carbocycles. The van der Waals surface area contributed by atoms with Gasteiger partial charge in [-0.15, -0.1) is 0 Å². The van der Waals surface area contributed by atoms with Crippen molar-refractivity contribution in [3.05, 3.63) is 30.1 Å². The number of benzene rings is 1. The first-order valence-electron chi connectivity index (χ1n) is 7.28. The first-order valence-corrected chi connectivity index (χ1v) is 7.28. The number of ether oxygens (including phenoxy) is 2. The lowest BCUT2D eigenvalue weighted by molar-refractivity contribution is -0.292. The van der Waals surface area contributed by atoms with Crippen LogP contribution in [0, 0.1) is 5.82 Å². The van der Waals surface area contributed by atoms with Gasteiger partial charge in [-0.2, -0.15) is 13.2 Å². The first-order chi connectivity index (χ1) is 11.5. The third-order valence-corrected chi connectivity index (χ3v) is 2.77. The number of urea groups is 1. The van der Waals surface area contributed by atoms with Crippen molar-refractivity contribution in [3.63, 3.8) is 0 Å². The summed E-state index contributed by atoms with van der Waals surface area (Å²) in [5, 5.41) is 3.55. The van der Waals surface area contributed by atoms with Crippen LogP contribution in [0.5, 0.6) is 0 Å². The van der Waals surface area contributed by atoms with Crippen molar-refractivity contribution in [2.45, 2.75) is 38.8 Å². The highest BCUT2D eigenvalue weighted by Crippen LogP contribution is 2.34. The number of alkyl halides is 3. The van der Waals surface area contributed by atoms with E-state index in [1.54, 1.807) is 0 Å². The lowest BCUT2D eigenvalue weighted by Crippen LogP contribution is -2.67. The summed E-state index contributed by atoms with van der Waals surface area (Å²) in [4.78, 5) is 23.9. The van der Waals surface area contributed by atoms with E-state index in [0.717, 1.165) is 24.3 Å². The van der Waals surface area contributed by atoms with E-state index in [-0.39, 0.29) is 12.3 Å². The van der Waals surface area contributed by atoms with Gasteiger partial charge in [0, 0.05) is 5.69 Å². The summed E-state index contributed by atoms with van der Waals surface area (Å²) < 4.78 is 62.6. The van der Waals surface area contributed by atoms with Crippen LogP contribution in [0.3, 0.4) is 0 Å². The highest BCUT2D eigenvalue weighted by molar-refractivity contribution is 5.94. The Morgan fingerprint density at radius 3 is 2.16 bits per heavy atom. The minimum atomic E-state index is -5.29. The molecule has 25 heavy (non-hydrogen) atoms. The number of esters is 1. The minimum Gasteiger partial charge on any atom is -0.462 e.